The highest BCUT2D eigenvalue weighted by Gasteiger charge is 1.97. The molecule has 0 heterocycles. The van der Waals surface area contributed by atoms with E-state index >= 15 is 0 Å². The van der Waals surface area contributed by atoms with Crippen molar-refractivity contribution in [3.05, 3.63) is 0 Å². The van der Waals surface area contributed by atoms with Crippen LogP contribution in [-0.4, -0.2) is 13.0 Å². The smallest absolute Gasteiger partial charge is 0.182 e. The van der Waals surface area contributed by atoms with Gasteiger partial charge in [0, 0.05) is 5.92 Å². The highest BCUT2D eigenvalue weighted by molar-refractivity contribution is 5.85. The summed E-state index contributed by atoms with van der Waals surface area (Å²) in [6, 6.07) is 0. The third-order valence-corrected chi connectivity index (χ3v) is 0.744. The first-order valence-corrected chi connectivity index (χ1v) is 2.31. The Labute approximate surface area is 56.2 Å². The molecule has 0 aliphatic heterocycles. The van der Waals surface area contributed by atoms with E-state index in [9.17, 15) is 0 Å². The van der Waals surface area contributed by atoms with Gasteiger partial charge in [-0.05, 0) is 0 Å². The van der Waals surface area contributed by atoms with Gasteiger partial charge in [-0.25, -0.2) is 0 Å². The highest BCUT2D eigenvalue weighted by atomic mass is 35.5. The van der Waals surface area contributed by atoms with E-state index in [1.54, 1.807) is 0 Å². The van der Waals surface area contributed by atoms with E-state index in [4.69, 9.17) is 5.41 Å². The van der Waals surface area contributed by atoms with Crippen molar-refractivity contribution in [3.8, 4) is 0 Å². The SMILES string of the molecule is COC(=N)C(C)C.Cl. The lowest BCUT2D eigenvalue weighted by Gasteiger charge is -2.02. The van der Waals surface area contributed by atoms with Gasteiger partial charge in [-0.2, -0.15) is 0 Å². The minimum atomic E-state index is 0. The van der Waals surface area contributed by atoms with Gasteiger partial charge in [-0.1, -0.05) is 13.8 Å². The molecule has 50 valence electrons. The van der Waals surface area contributed by atoms with Gasteiger partial charge < -0.3 is 4.74 Å². The first-order valence-electron chi connectivity index (χ1n) is 2.31. The molecule has 0 aliphatic rings. The van der Waals surface area contributed by atoms with Crippen LogP contribution in [0.2, 0.25) is 0 Å². The molecule has 0 fully saturated rings. The lowest BCUT2D eigenvalue weighted by Crippen LogP contribution is -2.06. The van der Waals surface area contributed by atoms with E-state index in [2.05, 4.69) is 4.74 Å². The maximum absolute atomic E-state index is 6.97. The number of ether oxygens (including phenoxy) is 1. The van der Waals surface area contributed by atoms with Gasteiger partial charge in [-0.15, -0.1) is 12.4 Å². The molecular weight excluding hydrogens is 126 g/mol. The second-order valence-electron chi connectivity index (χ2n) is 1.72. The summed E-state index contributed by atoms with van der Waals surface area (Å²) >= 11 is 0. The van der Waals surface area contributed by atoms with Crippen LogP contribution < -0.4 is 0 Å². The predicted molar refractivity (Wildman–Crippen MR) is 36.8 cm³/mol. The Morgan fingerprint density at radius 1 is 1.50 bits per heavy atom. The zero-order valence-corrected chi connectivity index (χ0v) is 6.21. The molecule has 8 heavy (non-hydrogen) atoms. The molecule has 0 unspecified atom stereocenters. The molecule has 0 amide bonds. The maximum Gasteiger partial charge on any atom is 0.182 e. The van der Waals surface area contributed by atoms with Crippen LogP contribution in [0, 0.1) is 11.3 Å². The Morgan fingerprint density at radius 3 is 1.88 bits per heavy atom. The van der Waals surface area contributed by atoms with Crippen molar-refractivity contribution >= 4 is 18.3 Å². The van der Waals surface area contributed by atoms with E-state index in [-0.39, 0.29) is 18.3 Å². The predicted octanol–water partition coefficient (Wildman–Crippen LogP) is 1.69. The fourth-order valence-electron chi connectivity index (χ4n) is 0.236. The van der Waals surface area contributed by atoms with Crippen molar-refractivity contribution in [2.24, 2.45) is 5.92 Å². The molecule has 0 aromatic heterocycles. The third-order valence-electron chi connectivity index (χ3n) is 0.744. The molecule has 0 saturated heterocycles. The number of nitrogens with one attached hydrogen (secondary N) is 1. The van der Waals surface area contributed by atoms with Gasteiger partial charge in [0.1, 0.15) is 0 Å². The van der Waals surface area contributed by atoms with Gasteiger partial charge >= 0.3 is 0 Å². The Balaban J connectivity index is 0. The molecule has 0 radical (unpaired) electrons. The minimum absolute atomic E-state index is 0. The van der Waals surface area contributed by atoms with E-state index in [0.717, 1.165) is 0 Å². The second kappa shape index (κ2) is 4.91. The van der Waals surface area contributed by atoms with Crippen LogP contribution >= 0.6 is 12.4 Å². The molecule has 2 nitrogen and oxygen atoms in total. The molecule has 0 saturated carbocycles. The topological polar surface area (TPSA) is 33.1 Å². The van der Waals surface area contributed by atoms with Crippen LogP contribution in [0.15, 0.2) is 0 Å². The molecule has 0 aromatic rings. The van der Waals surface area contributed by atoms with Crippen LogP contribution in [0.1, 0.15) is 13.8 Å². The van der Waals surface area contributed by atoms with Gasteiger partial charge in [-0.3, -0.25) is 5.41 Å². The second-order valence-corrected chi connectivity index (χ2v) is 1.72. The molecule has 0 atom stereocenters. The van der Waals surface area contributed by atoms with Crippen LogP contribution in [0.25, 0.3) is 0 Å². The molecule has 0 rings (SSSR count). The van der Waals surface area contributed by atoms with Crippen molar-refractivity contribution in [2.45, 2.75) is 13.8 Å². The monoisotopic (exact) mass is 137 g/mol. The van der Waals surface area contributed by atoms with Gasteiger partial charge in [0.25, 0.3) is 0 Å². The standard InChI is InChI=1S/C5H11NO.ClH/c1-4(2)5(6)7-3;/h4,6H,1-3H3;1H. The van der Waals surface area contributed by atoms with Crippen molar-refractivity contribution in [1.82, 2.24) is 0 Å². The van der Waals surface area contributed by atoms with Gasteiger partial charge in [0.15, 0.2) is 5.90 Å². The lowest BCUT2D eigenvalue weighted by atomic mass is 10.2. The quantitative estimate of drug-likeness (QED) is 0.433. The normalized spacial score (nSPS) is 8.00. The van der Waals surface area contributed by atoms with Crippen LogP contribution in [-0.2, 0) is 4.74 Å². The highest BCUT2D eigenvalue weighted by Crippen LogP contribution is 1.92. The van der Waals surface area contributed by atoms with Crippen molar-refractivity contribution in [3.63, 3.8) is 0 Å². The van der Waals surface area contributed by atoms with Crippen LogP contribution in [0.3, 0.4) is 0 Å². The number of hydrogen-bond acceptors (Lipinski definition) is 2. The van der Waals surface area contributed by atoms with Crippen molar-refractivity contribution < 1.29 is 4.74 Å². The number of halogens is 1. The summed E-state index contributed by atoms with van der Waals surface area (Å²) in [6.07, 6.45) is 0. The number of methoxy groups -OCH3 is 1. The van der Waals surface area contributed by atoms with Crippen molar-refractivity contribution in [2.75, 3.05) is 7.11 Å². The molecule has 3 heteroatoms. The van der Waals surface area contributed by atoms with E-state index < -0.39 is 0 Å². The van der Waals surface area contributed by atoms with Gasteiger partial charge in [0.05, 0.1) is 7.11 Å². The summed E-state index contributed by atoms with van der Waals surface area (Å²) < 4.78 is 4.59. The zero-order chi connectivity index (χ0) is 5.86. The summed E-state index contributed by atoms with van der Waals surface area (Å²) in [6.45, 7) is 3.84. The number of rotatable bonds is 1. The first-order chi connectivity index (χ1) is 3.18. The average Bonchev–Trinajstić information content (AvgIpc) is 1.65. The maximum atomic E-state index is 6.97. The molecular formula is C5H12ClNO. The Kier molecular flexibility index (Phi) is 6.56. The molecule has 0 bridgehead atoms. The van der Waals surface area contributed by atoms with E-state index in [1.807, 2.05) is 13.8 Å². The van der Waals surface area contributed by atoms with Crippen LogP contribution in [0.5, 0.6) is 0 Å². The summed E-state index contributed by atoms with van der Waals surface area (Å²) in [4.78, 5) is 0. The lowest BCUT2D eigenvalue weighted by molar-refractivity contribution is 0.371. The van der Waals surface area contributed by atoms with Gasteiger partial charge in [0.2, 0.25) is 0 Å². The van der Waals surface area contributed by atoms with E-state index in [1.165, 1.54) is 7.11 Å². The fourth-order valence-corrected chi connectivity index (χ4v) is 0.236. The summed E-state index contributed by atoms with van der Waals surface area (Å²) in [7, 11) is 1.52. The summed E-state index contributed by atoms with van der Waals surface area (Å²) in [5.41, 5.74) is 0. The molecule has 0 aromatic carbocycles. The first kappa shape index (κ1) is 10.7. The Morgan fingerprint density at radius 2 is 1.88 bits per heavy atom. The largest absolute Gasteiger partial charge is 0.484 e. The minimum Gasteiger partial charge on any atom is -0.484 e. The van der Waals surface area contributed by atoms with Crippen molar-refractivity contribution in [1.29, 1.82) is 5.41 Å². The summed E-state index contributed by atoms with van der Waals surface area (Å²) in [5.74, 6) is 0.574. The molecule has 1 N–H and O–H groups in total. The zero-order valence-electron chi connectivity index (χ0n) is 5.39. The number of hydrogen-bond donors (Lipinski definition) is 1. The third kappa shape index (κ3) is 3.93. The molecule has 0 spiro atoms. The summed E-state index contributed by atoms with van der Waals surface area (Å²) in [5, 5.41) is 6.97. The van der Waals surface area contributed by atoms with Crippen LogP contribution in [0.4, 0.5) is 0 Å². The Hall–Kier alpha value is -0.240. The average molecular weight is 138 g/mol. The Bertz CT molecular complexity index is 72.8. The molecule has 0 aliphatic carbocycles. The fraction of sp³-hybridized carbons (Fsp3) is 0.800. The van der Waals surface area contributed by atoms with E-state index in [0.29, 0.717) is 5.90 Å².